The minimum Gasteiger partial charge on any atom is -0.349 e. The molecule has 0 fully saturated rings. The summed E-state index contributed by atoms with van der Waals surface area (Å²) >= 11 is 0. The summed E-state index contributed by atoms with van der Waals surface area (Å²) in [6.45, 7) is 0.585. The summed E-state index contributed by atoms with van der Waals surface area (Å²) in [6.07, 6.45) is 9.30. The third kappa shape index (κ3) is 4.23. The first-order valence-corrected chi connectivity index (χ1v) is 10.3. The number of pyridine rings is 2. The number of nitrogens with one attached hydrogen (secondary N) is 1. The Morgan fingerprint density at radius 3 is 2.76 bits per heavy atom. The van der Waals surface area contributed by atoms with Crippen LogP contribution < -0.4 is 5.32 Å². The fourth-order valence-corrected chi connectivity index (χ4v) is 3.71. The molecule has 6 nitrogen and oxygen atoms in total. The van der Waals surface area contributed by atoms with Gasteiger partial charge in [-0.1, -0.05) is 18.2 Å². The van der Waals surface area contributed by atoms with Gasteiger partial charge in [0.25, 0.3) is 5.91 Å². The van der Waals surface area contributed by atoms with Gasteiger partial charge in [-0.05, 0) is 35.9 Å². The van der Waals surface area contributed by atoms with Crippen LogP contribution in [0, 0.1) is 11.6 Å². The van der Waals surface area contributed by atoms with Crippen LogP contribution in [0.15, 0.2) is 85.6 Å². The SMILES string of the molecule is O=C(NCc1ccc(F)cc1F)c1nc(-c2ccn(Cc3cccnc3)c2)n2ccccc12. The van der Waals surface area contributed by atoms with Gasteiger partial charge in [0, 0.05) is 61.3 Å². The predicted octanol–water partition coefficient (Wildman–Crippen LogP) is 4.45. The molecule has 0 aliphatic carbocycles. The average Bonchev–Trinajstić information content (AvgIpc) is 3.44. The number of fused-ring (bicyclic) bond motifs is 1. The minimum atomic E-state index is -0.708. The van der Waals surface area contributed by atoms with Gasteiger partial charge in [0.05, 0.1) is 5.52 Å². The molecule has 5 aromatic rings. The van der Waals surface area contributed by atoms with Crippen molar-refractivity contribution >= 4 is 11.4 Å². The smallest absolute Gasteiger partial charge is 0.272 e. The van der Waals surface area contributed by atoms with E-state index in [1.54, 1.807) is 12.3 Å². The first-order chi connectivity index (χ1) is 16.1. The van der Waals surface area contributed by atoms with Crippen LogP contribution in [0.25, 0.3) is 16.9 Å². The van der Waals surface area contributed by atoms with E-state index in [9.17, 15) is 13.6 Å². The summed E-state index contributed by atoms with van der Waals surface area (Å²) in [5.41, 5.74) is 2.98. The molecule has 0 bridgehead atoms. The fraction of sp³-hybridized carbons (Fsp3) is 0.0800. The van der Waals surface area contributed by atoms with Crippen LogP contribution >= 0.6 is 0 Å². The number of imidazole rings is 1. The predicted molar refractivity (Wildman–Crippen MR) is 119 cm³/mol. The van der Waals surface area contributed by atoms with Crippen LogP contribution in [-0.4, -0.2) is 24.8 Å². The highest BCUT2D eigenvalue weighted by molar-refractivity contribution is 6.00. The molecule has 0 saturated heterocycles. The van der Waals surface area contributed by atoms with E-state index in [0.717, 1.165) is 23.3 Å². The molecule has 33 heavy (non-hydrogen) atoms. The van der Waals surface area contributed by atoms with Gasteiger partial charge >= 0.3 is 0 Å². The second-order valence-corrected chi connectivity index (χ2v) is 7.59. The van der Waals surface area contributed by atoms with E-state index in [0.29, 0.717) is 17.9 Å². The highest BCUT2D eigenvalue weighted by atomic mass is 19.1. The largest absolute Gasteiger partial charge is 0.349 e. The molecule has 0 saturated carbocycles. The molecule has 4 heterocycles. The number of carbonyl (C=O) groups excluding carboxylic acids is 1. The third-order valence-corrected chi connectivity index (χ3v) is 5.31. The lowest BCUT2D eigenvalue weighted by atomic mass is 10.2. The number of nitrogens with zero attached hydrogens (tertiary/aromatic N) is 4. The van der Waals surface area contributed by atoms with Crippen molar-refractivity contribution in [3.05, 3.63) is 114 Å². The van der Waals surface area contributed by atoms with Gasteiger partial charge in [0.1, 0.15) is 17.5 Å². The monoisotopic (exact) mass is 443 g/mol. The number of hydrogen-bond donors (Lipinski definition) is 1. The zero-order valence-electron chi connectivity index (χ0n) is 17.5. The molecule has 0 spiro atoms. The zero-order chi connectivity index (χ0) is 22.8. The van der Waals surface area contributed by atoms with Gasteiger partial charge < -0.3 is 9.88 Å². The van der Waals surface area contributed by atoms with Gasteiger partial charge in [-0.2, -0.15) is 0 Å². The van der Waals surface area contributed by atoms with Crippen molar-refractivity contribution in [1.29, 1.82) is 0 Å². The molecule has 1 amide bonds. The highest BCUT2D eigenvalue weighted by Gasteiger charge is 2.19. The minimum absolute atomic E-state index is 0.0758. The lowest BCUT2D eigenvalue weighted by Crippen LogP contribution is -2.24. The van der Waals surface area contributed by atoms with Crippen LogP contribution in [0.4, 0.5) is 8.78 Å². The standard InChI is InChI=1S/C25H19F2N5O/c26-20-7-6-18(21(27)12-20)14-29-25(33)23-22-5-1-2-10-32(22)24(30-23)19-8-11-31(16-19)15-17-4-3-9-28-13-17/h1-13,16H,14-15H2,(H,29,33). The van der Waals surface area contributed by atoms with Gasteiger partial charge in [-0.25, -0.2) is 13.8 Å². The zero-order valence-corrected chi connectivity index (χ0v) is 17.5. The Morgan fingerprint density at radius 2 is 1.94 bits per heavy atom. The van der Waals surface area contributed by atoms with E-state index in [1.807, 2.05) is 64.1 Å². The molecule has 0 aliphatic rings. The molecule has 0 atom stereocenters. The molecular formula is C25H19F2N5O. The number of benzene rings is 1. The summed E-state index contributed by atoms with van der Waals surface area (Å²) in [5, 5.41) is 2.68. The lowest BCUT2D eigenvalue weighted by molar-refractivity contribution is 0.0948. The molecule has 1 aromatic carbocycles. The molecule has 0 aliphatic heterocycles. The molecule has 164 valence electrons. The molecule has 5 rings (SSSR count). The summed E-state index contributed by atoms with van der Waals surface area (Å²) in [5.74, 6) is -1.19. The number of rotatable bonds is 6. The first-order valence-electron chi connectivity index (χ1n) is 10.3. The molecule has 4 aromatic heterocycles. The maximum Gasteiger partial charge on any atom is 0.272 e. The van der Waals surface area contributed by atoms with E-state index >= 15 is 0 Å². The highest BCUT2D eigenvalue weighted by Crippen LogP contribution is 2.24. The van der Waals surface area contributed by atoms with Crippen molar-refractivity contribution in [3.8, 4) is 11.4 Å². The normalized spacial score (nSPS) is 11.1. The maximum atomic E-state index is 13.9. The number of aromatic nitrogens is 4. The van der Waals surface area contributed by atoms with E-state index < -0.39 is 17.5 Å². The molecule has 0 radical (unpaired) electrons. The van der Waals surface area contributed by atoms with E-state index in [-0.39, 0.29) is 17.8 Å². The van der Waals surface area contributed by atoms with Crippen LogP contribution in [-0.2, 0) is 13.1 Å². The summed E-state index contributed by atoms with van der Waals surface area (Å²) < 4.78 is 30.9. The Hall–Kier alpha value is -4.33. The van der Waals surface area contributed by atoms with Crippen molar-refractivity contribution < 1.29 is 13.6 Å². The Labute approximate surface area is 188 Å². The van der Waals surface area contributed by atoms with Gasteiger partial charge in [-0.15, -0.1) is 0 Å². The second kappa shape index (κ2) is 8.66. The van der Waals surface area contributed by atoms with Gasteiger partial charge in [-0.3, -0.25) is 14.2 Å². The van der Waals surface area contributed by atoms with E-state index in [1.165, 1.54) is 6.07 Å². The Balaban J connectivity index is 1.42. The van der Waals surface area contributed by atoms with E-state index in [4.69, 9.17) is 0 Å². The molecule has 0 unspecified atom stereocenters. The molecular weight excluding hydrogens is 424 g/mol. The molecule has 8 heteroatoms. The summed E-state index contributed by atoms with van der Waals surface area (Å²) in [6, 6.07) is 14.6. The fourth-order valence-electron chi connectivity index (χ4n) is 3.71. The lowest BCUT2D eigenvalue weighted by Gasteiger charge is -2.05. The van der Waals surface area contributed by atoms with Crippen molar-refractivity contribution in [2.75, 3.05) is 0 Å². The van der Waals surface area contributed by atoms with Crippen molar-refractivity contribution in [2.45, 2.75) is 13.1 Å². The van der Waals surface area contributed by atoms with Crippen LogP contribution in [0.5, 0.6) is 0 Å². The van der Waals surface area contributed by atoms with Crippen molar-refractivity contribution in [1.82, 2.24) is 24.3 Å². The topological polar surface area (TPSA) is 64.2 Å². The first kappa shape index (κ1) is 20.6. The summed E-state index contributed by atoms with van der Waals surface area (Å²) in [7, 11) is 0. The van der Waals surface area contributed by atoms with Crippen LogP contribution in [0.1, 0.15) is 21.6 Å². The van der Waals surface area contributed by atoms with E-state index in [2.05, 4.69) is 15.3 Å². The Morgan fingerprint density at radius 1 is 1.03 bits per heavy atom. The summed E-state index contributed by atoms with van der Waals surface area (Å²) in [4.78, 5) is 21.6. The number of amides is 1. The maximum absolute atomic E-state index is 13.9. The Kier molecular flexibility index (Phi) is 5.40. The van der Waals surface area contributed by atoms with Gasteiger partial charge in [0.15, 0.2) is 5.69 Å². The van der Waals surface area contributed by atoms with Crippen LogP contribution in [0.3, 0.4) is 0 Å². The Bertz CT molecular complexity index is 1440. The van der Waals surface area contributed by atoms with Crippen molar-refractivity contribution in [2.24, 2.45) is 0 Å². The van der Waals surface area contributed by atoms with Crippen molar-refractivity contribution in [3.63, 3.8) is 0 Å². The number of hydrogen-bond acceptors (Lipinski definition) is 3. The third-order valence-electron chi connectivity index (χ3n) is 5.31. The van der Waals surface area contributed by atoms with Crippen LogP contribution in [0.2, 0.25) is 0 Å². The molecule has 1 N–H and O–H groups in total. The number of halogens is 2. The second-order valence-electron chi connectivity index (χ2n) is 7.59. The number of carbonyl (C=O) groups is 1. The average molecular weight is 443 g/mol. The quantitative estimate of drug-likeness (QED) is 0.422. The van der Waals surface area contributed by atoms with Gasteiger partial charge in [0.2, 0.25) is 0 Å².